The maximum absolute atomic E-state index is 12.8. The average molecular weight is 438 g/mol. The van der Waals surface area contributed by atoms with Gasteiger partial charge < -0.3 is 40.1 Å². The molecule has 9 heteroatoms. The van der Waals surface area contributed by atoms with Gasteiger partial charge in [-0.15, -0.1) is 0 Å². The largest absolute Gasteiger partial charge is 0.507 e. The van der Waals surface area contributed by atoms with Crippen LogP contribution < -0.4 is 4.74 Å². The number of rotatable bonds is 4. The van der Waals surface area contributed by atoms with Gasteiger partial charge in [-0.3, -0.25) is 0 Å². The first kappa shape index (κ1) is 24.8. The van der Waals surface area contributed by atoms with Gasteiger partial charge in [0.15, 0.2) is 0 Å². The second-order valence-corrected chi connectivity index (χ2v) is 7.60. The lowest BCUT2D eigenvalue weighted by molar-refractivity contribution is -0.0395. The lowest BCUT2D eigenvalue weighted by Crippen LogP contribution is -2.36. The van der Waals surface area contributed by atoms with Crippen LogP contribution in [-0.4, -0.2) is 80.3 Å². The number of benzene rings is 1. The first-order valence-corrected chi connectivity index (χ1v) is 10.0. The molecule has 1 aliphatic rings. The van der Waals surface area contributed by atoms with E-state index in [9.17, 15) is 30.3 Å². The Labute approximate surface area is 180 Å². The molecular weight excluding hydrogens is 408 g/mol. The third kappa shape index (κ3) is 6.78. The van der Waals surface area contributed by atoms with Crippen molar-refractivity contribution in [3.63, 3.8) is 0 Å². The zero-order valence-corrected chi connectivity index (χ0v) is 17.5. The zero-order valence-electron chi connectivity index (χ0n) is 17.5. The molecule has 0 spiro atoms. The van der Waals surface area contributed by atoms with Crippen LogP contribution in [0, 0.1) is 5.92 Å². The van der Waals surface area contributed by atoms with Crippen molar-refractivity contribution in [1.29, 1.82) is 0 Å². The van der Waals surface area contributed by atoms with Crippen molar-refractivity contribution in [2.75, 3.05) is 13.2 Å². The highest BCUT2D eigenvalue weighted by Gasteiger charge is 2.25. The van der Waals surface area contributed by atoms with Crippen molar-refractivity contribution >= 4 is 12.0 Å². The van der Waals surface area contributed by atoms with Crippen molar-refractivity contribution < 1.29 is 44.9 Å². The van der Waals surface area contributed by atoms with Crippen LogP contribution in [-0.2, 0) is 4.74 Å². The summed E-state index contributed by atoms with van der Waals surface area (Å²) in [4.78, 5) is 12.8. The molecule has 6 atom stereocenters. The van der Waals surface area contributed by atoms with E-state index in [2.05, 4.69) is 0 Å². The van der Waals surface area contributed by atoms with Gasteiger partial charge in [0.1, 0.15) is 48.1 Å². The molecule has 0 amide bonds. The molecular formula is C22H30O9. The van der Waals surface area contributed by atoms with E-state index < -0.39 is 48.8 Å². The molecule has 0 saturated heterocycles. The fourth-order valence-electron chi connectivity index (χ4n) is 2.90. The number of aromatic hydroxyl groups is 1. The van der Waals surface area contributed by atoms with Crippen LogP contribution in [0.25, 0.3) is 6.08 Å². The Balaban J connectivity index is 2.43. The van der Waals surface area contributed by atoms with Gasteiger partial charge in [-0.05, 0) is 25.0 Å². The van der Waals surface area contributed by atoms with Crippen molar-refractivity contribution in [3.8, 4) is 11.5 Å². The molecule has 172 valence electrons. The van der Waals surface area contributed by atoms with Crippen LogP contribution in [0.3, 0.4) is 0 Å². The van der Waals surface area contributed by atoms with Crippen LogP contribution in [0.15, 0.2) is 30.4 Å². The number of aliphatic hydroxyl groups is 5. The number of ether oxygens (including phenoxy) is 2. The number of phenols is 1. The molecule has 1 unspecified atom stereocenters. The lowest BCUT2D eigenvalue weighted by Gasteiger charge is -2.22. The van der Waals surface area contributed by atoms with E-state index in [4.69, 9.17) is 14.6 Å². The summed E-state index contributed by atoms with van der Waals surface area (Å²) in [6.07, 6.45) is 0.0730. The minimum absolute atomic E-state index is 0.0401. The van der Waals surface area contributed by atoms with Crippen LogP contribution in [0.5, 0.6) is 11.5 Å². The Bertz CT molecular complexity index is 804. The van der Waals surface area contributed by atoms with E-state index >= 15 is 0 Å². The van der Waals surface area contributed by atoms with Gasteiger partial charge in [-0.1, -0.05) is 31.2 Å². The molecule has 1 aliphatic heterocycles. The highest BCUT2D eigenvalue weighted by molar-refractivity contribution is 5.97. The monoisotopic (exact) mass is 438 g/mol. The third-order valence-electron chi connectivity index (χ3n) is 5.04. The summed E-state index contributed by atoms with van der Waals surface area (Å²) in [7, 11) is 0. The maximum atomic E-state index is 12.8. The van der Waals surface area contributed by atoms with E-state index in [1.165, 1.54) is 30.4 Å². The molecule has 0 radical (unpaired) electrons. The first-order chi connectivity index (χ1) is 14.6. The van der Waals surface area contributed by atoms with Gasteiger partial charge in [0, 0.05) is 12.0 Å². The third-order valence-corrected chi connectivity index (χ3v) is 5.04. The topological polar surface area (TPSA) is 157 Å². The second kappa shape index (κ2) is 11.3. The summed E-state index contributed by atoms with van der Waals surface area (Å²) in [6, 6.07) is 2.64. The molecule has 0 fully saturated rings. The Morgan fingerprint density at radius 1 is 1.19 bits per heavy atom. The zero-order chi connectivity index (χ0) is 23.1. The van der Waals surface area contributed by atoms with Crippen molar-refractivity contribution in [3.05, 3.63) is 41.5 Å². The van der Waals surface area contributed by atoms with Gasteiger partial charge in [0.05, 0.1) is 12.7 Å². The van der Waals surface area contributed by atoms with E-state index in [0.717, 1.165) is 0 Å². The summed E-state index contributed by atoms with van der Waals surface area (Å²) in [5, 5.41) is 59.1. The van der Waals surface area contributed by atoms with Gasteiger partial charge in [0.25, 0.3) is 0 Å². The quantitative estimate of drug-likeness (QED) is 0.288. The summed E-state index contributed by atoms with van der Waals surface area (Å²) in [5.41, 5.74) is 0.120. The molecule has 0 bridgehead atoms. The van der Waals surface area contributed by atoms with Gasteiger partial charge >= 0.3 is 5.97 Å². The van der Waals surface area contributed by atoms with E-state index in [1.807, 2.05) is 0 Å². The number of hydrogen-bond acceptors (Lipinski definition) is 9. The van der Waals surface area contributed by atoms with Crippen LogP contribution in [0.4, 0.5) is 0 Å². The lowest BCUT2D eigenvalue weighted by atomic mass is 9.99. The fourth-order valence-corrected chi connectivity index (χ4v) is 2.90. The van der Waals surface area contributed by atoms with E-state index in [0.29, 0.717) is 0 Å². The fraction of sp³-hybridized carbons (Fsp3) is 0.500. The predicted octanol–water partition coefficient (Wildman–Crippen LogP) is 0.361. The number of cyclic esters (lactones) is 1. The average Bonchev–Trinajstić information content (AvgIpc) is 2.73. The number of carbonyl (C=O) groups excluding carboxylic acids is 1. The molecule has 6 N–H and O–H groups in total. The Kier molecular flexibility index (Phi) is 9.02. The number of carbonyl (C=O) groups is 1. The number of hydrogen-bond donors (Lipinski definition) is 6. The van der Waals surface area contributed by atoms with Crippen LogP contribution >= 0.6 is 0 Å². The minimum atomic E-state index is -1.42. The second-order valence-electron chi connectivity index (χ2n) is 7.60. The van der Waals surface area contributed by atoms with E-state index in [-0.39, 0.29) is 35.8 Å². The highest BCUT2D eigenvalue weighted by Crippen LogP contribution is 2.31. The summed E-state index contributed by atoms with van der Waals surface area (Å²) < 4.78 is 10.8. The molecule has 1 aromatic rings. The van der Waals surface area contributed by atoms with E-state index in [1.54, 1.807) is 19.9 Å². The van der Waals surface area contributed by atoms with Crippen molar-refractivity contribution in [1.82, 2.24) is 0 Å². The molecule has 31 heavy (non-hydrogen) atoms. The highest BCUT2D eigenvalue weighted by atomic mass is 16.5. The summed E-state index contributed by atoms with van der Waals surface area (Å²) in [6.45, 7) is 2.67. The minimum Gasteiger partial charge on any atom is -0.507 e. The standard InChI is InChI=1S/C22H30O9/c1-12-6-7-18(26)21(28)17(25)5-3-4-14-8-16(30-11-15(24)10-23)9-19(27)20(14)22(29)31-13(12)2/h3-4,6-9,12-13,15,17-18,21,23-28H,5,10-11H2,1-2H3/b4-3+,7-6-/t12-,13+,15?,17+,18+,21+/m1/s1. The molecule has 0 saturated carbocycles. The molecule has 9 nitrogen and oxygen atoms in total. The summed E-state index contributed by atoms with van der Waals surface area (Å²) >= 11 is 0. The summed E-state index contributed by atoms with van der Waals surface area (Å²) in [5.74, 6) is -1.36. The maximum Gasteiger partial charge on any atom is 0.342 e. The molecule has 0 aromatic heterocycles. The molecule has 1 heterocycles. The predicted molar refractivity (Wildman–Crippen MR) is 112 cm³/mol. The van der Waals surface area contributed by atoms with Crippen molar-refractivity contribution in [2.45, 2.75) is 50.8 Å². The molecule has 0 aliphatic carbocycles. The Morgan fingerprint density at radius 2 is 1.90 bits per heavy atom. The number of fused-ring (bicyclic) bond motifs is 1. The number of esters is 1. The normalized spacial score (nSPS) is 30.4. The SMILES string of the molecule is C[C@@H]1/C=C\[C@H](O)[C@@H](O)[C@@H](O)C/C=C/c2cc(OCC(O)CO)cc(O)c2C(=O)O[C@H]1C. The number of aliphatic hydroxyl groups excluding tert-OH is 5. The smallest absolute Gasteiger partial charge is 0.342 e. The van der Waals surface area contributed by atoms with Crippen molar-refractivity contribution in [2.24, 2.45) is 5.92 Å². The van der Waals surface area contributed by atoms with Gasteiger partial charge in [-0.2, -0.15) is 0 Å². The Hall–Kier alpha value is -2.43. The van der Waals surface area contributed by atoms with Gasteiger partial charge in [-0.25, -0.2) is 4.79 Å². The first-order valence-electron chi connectivity index (χ1n) is 10.0. The van der Waals surface area contributed by atoms with Crippen LogP contribution in [0.2, 0.25) is 0 Å². The van der Waals surface area contributed by atoms with Gasteiger partial charge in [0.2, 0.25) is 0 Å². The number of phenolic OH excluding ortho intramolecular Hbond substituents is 1. The molecule has 2 rings (SSSR count). The Morgan fingerprint density at radius 3 is 2.58 bits per heavy atom. The molecule has 1 aromatic carbocycles. The van der Waals surface area contributed by atoms with Crippen LogP contribution in [0.1, 0.15) is 36.2 Å².